The predicted molar refractivity (Wildman–Crippen MR) is 86.0 cm³/mol. The topological polar surface area (TPSA) is 64.9 Å². The van der Waals surface area contributed by atoms with Crippen LogP contribution in [-0.4, -0.2) is 11.0 Å². The van der Waals surface area contributed by atoms with Crippen molar-refractivity contribution in [3.63, 3.8) is 0 Å². The molecule has 0 heterocycles. The van der Waals surface area contributed by atoms with Gasteiger partial charge in [-0.25, -0.2) is 0 Å². The summed E-state index contributed by atoms with van der Waals surface area (Å²) in [5.41, 5.74) is 2.56. The summed E-state index contributed by atoms with van der Waals surface area (Å²) in [6, 6.07) is 16.2. The fraction of sp³-hybridized carbons (Fsp3) is 0.0625. The summed E-state index contributed by atoms with van der Waals surface area (Å²) in [5.74, 6) is -0.286. The molecule has 2 N–H and O–H groups in total. The second-order valence-corrected chi connectivity index (χ2v) is 4.84. The molecule has 0 aliphatic carbocycles. The number of hydrogen-bond acceptors (Lipinski definition) is 3. The lowest BCUT2D eigenvalue weighted by molar-refractivity contribution is 0.0977. The predicted octanol–water partition coefficient (Wildman–Crippen LogP) is 2.99. The molecule has 2 aromatic carbocycles. The van der Waals surface area contributed by atoms with Crippen molar-refractivity contribution in [2.24, 2.45) is 0 Å². The first-order chi connectivity index (χ1) is 10.1. The van der Waals surface area contributed by atoms with Gasteiger partial charge in [0.15, 0.2) is 5.11 Å². The minimum atomic E-state index is -0.286. The molecule has 0 unspecified atom stereocenters. The van der Waals surface area contributed by atoms with Crippen LogP contribution in [0.5, 0.6) is 0 Å². The molecule has 0 spiro atoms. The molecule has 0 aliphatic rings. The summed E-state index contributed by atoms with van der Waals surface area (Å²) in [5, 5.41) is 14.6. The molecule has 0 saturated heterocycles. The molecular weight excluding hydrogens is 282 g/mol. The monoisotopic (exact) mass is 295 g/mol. The van der Waals surface area contributed by atoms with Gasteiger partial charge in [-0.1, -0.05) is 29.8 Å². The summed E-state index contributed by atoms with van der Waals surface area (Å²) in [6.45, 7) is 1.91. The van der Waals surface area contributed by atoms with Gasteiger partial charge >= 0.3 is 0 Å². The smallest absolute Gasteiger partial charge is 0.257 e. The van der Waals surface area contributed by atoms with Crippen molar-refractivity contribution in [2.45, 2.75) is 6.92 Å². The molecule has 2 rings (SSSR count). The Hall–Kier alpha value is -2.71. The molecular formula is C16H13N3OS. The van der Waals surface area contributed by atoms with E-state index in [9.17, 15) is 4.79 Å². The van der Waals surface area contributed by atoms with Gasteiger partial charge in [0.2, 0.25) is 0 Å². The van der Waals surface area contributed by atoms with Crippen molar-refractivity contribution in [3.8, 4) is 6.07 Å². The molecule has 2 aromatic rings. The minimum Gasteiger partial charge on any atom is -0.331 e. The highest BCUT2D eigenvalue weighted by Gasteiger charge is 2.09. The van der Waals surface area contributed by atoms with E-state index in [1.807, 2.05) is 19.1 Å². The van der Waals surface area contributed by atoms with E-state index in [-0.39, 0.29) is 11.0 Å². The molecule has 0 bridgehead atoms. The van der Waals surface area contributed by atoms with Crippen molar-refractivity contribution >= 4 is 28.9 Å². The largest absolute Gasteiger partial charge is 0.331 e. The van der Waals surface area contributed by atoms with Crippen LogP contribution in [-0.2, 0) is 0 Å². The number of nitriles is 1. The summed E-state index contributed by atoms with van der Waals surface area (Å²) >= 11 is 5.10. The standard InChI is InChI=1S/C16H13N3OS/c1-11-5-4-7-12(9-11)15(20)19-16(21)18-14-8-3-2-6-13(14)10-17/h2-9H,1H3,(H2,18,19,20,21). The van der Waals surface area contributed by atoms with Gasteiger partial charge in [0.05, 0.1) is 11.3 Å². The fourth-order valence-electron chi connectivity index (χ4n) is 1.80. The Labute approximate surface area is 128 Å². The molecule has 4 nitrogen and oxygen atoms in total. The Bertz CT molecular complexity index is 734. The number of thiocarbonyl (C=S) groups is 1. The molecule has 0 aromatic heterocycles. The lowest BCUT2D eigenvalue weighted by atomic mass is 10.1. The Kier molecular flexibility index (Phi) is 4.64. The Morgan fingerprint density at radius 2 is 1.95 bits per heavy atom. The second kappa shape index (κ2) is 6.64. The first-order valence-electron chi connectivity index (χ1n) is 6.28. The molecule has 0 saturated carbocycles. The number of rotatable bonds is 2. The Morgan fingerprint density at radius 3 is 2.67 bits per heavy atom. The maximum Gasteiger partial charge on any atom is 0.257 e. The van der Waals surface area contributed by atoms with Gasteiger partial charge in [0, 0.05) is 5.56 Å². The maximum absolute atomic E-state index is 12.0. The summed E-state index contributed by atoms with van der Waals surface area (Å²) in [6.07, 6.45) is 0. The number of amides is 1. The number of carbonyl (C=O) groups is 1. The van der Waals surface area contributed by atoms with E-state index in [1.165, 1.54) is 0 Å². The van der Waals surface area contributed by atoms with Gasteiger partial charge in [-0.05, 0) is 43.4 Å². The summed E-state index contributed by atoms with van der Waals surface area (Å²) in [4.78, 5) is 12.0. The zero-order valence-corrected chi connectivity index (χ0v) is 12.2. The van der Waals surface area contributed by atoms with E-state index in [0.29, 0.717) is 16.8 Å². The van der Waals surface area contributed by atoms with Crippen LogP contribution in [0.2, 0.25) is 0 Å². The molecule has 1 amide bonds. The third kappa shape index (κ3) is 3.88. The van der Waals surface area contributed by atoms with Crippen LogP contribution in [0, 0.1) is 18.3 Å². The number of nitrogens with zero attached hydrogens (tertiary/aromatic N) is 1. The van der Waals surface area contributed by atoms with Gasteiger partial charge in [0.1, 0.15) is 6.07 Å². The lowest BCUT2D eigenvalue weighted by Crippen LogP contribution is -2.34. The number of benzene rings is 2. The van der Waals surface area contributed by atoms with Crippen LogP contribution in [0.15, 0.2) is 48.5 Å². The third-order valence-corrected chi connectivity index (χ3v) is 3.01. The third-order valence-electron chi connectivity index (χ3n) is 2.80. The average molecular weight is 295 g/mol. The first-order valence-corrected chi connectivity index (χ1v) is 6.69. The van der Waals surface area contributed by atoms with Crippen LogP contribution in [0.25, 0.3) is 0 Å². The van der Waals surface area contributed by atoms with Crippen molar-refractivity contribution in [1.29, 1.82) is 5.26 Å². The van der Waals surface area contributed by atoms with Gasteiger partial charge < -0.3 is 5.32 Å². The Balaban J connectivity index is 2.05. The highest BCUT2D eigenvalue weighted by atomic mass is 32.1. The second-order valence-electron chi connectivity index (χ2n) is 4.44. The molecule has 0 atom stereocenters. The molecule has 21 heavy (non-hydrogen) atoms. The zero-order chi connectivity index (χ0) is 15.2. The molecule has 104 valence electrons. The van der Waals surface area contributed by atoms with Crippen molar-refractivity contribution in [1.82, 2.24) is 5.32 Å². The summed E-state index contributed by atoms with van der Waals surface area (Å²) < 4.78 is 0. The average Bonchev–Trinajstić information content (AvgIpc) is 2.47. The van der Waals surface area contributed by atoms with E-state index in [1.54, 1.807) is 36.4 Å². The van der Waals surface area contributed by atoms with Crippen LogP contribution in [0.1, 0.15) is 21.5 Å². The van der Waals surface area contributed by atoms with Crippen LogP contribution < -0.4 is 10.6 Å². The van der Waals surface area contributed by atoms with Crippen LogP contribution >= 0.6 is 12.2 Å². The van der Waals surface area contributed by atoms with Gasteiger partial charge in [0.25, 0.3) is 5.91 Å². The Morgan fingerprint density at radius 1 is 1.19 bits per heavy atom. The maximum atomic E-state index is 12.0. The van der Waals surface area contributed by atoms with E-state index in [2.05, 4.69) is 16.7 Å². The van der Waals surface area contributed by atoms with E-state index < -0.39 is 0 Å². The van der Waals surface area contributed by atoms with E-state index in [0.717, 1.165) is 5.56 Å². The van der Waals surface area contributed by atoms with Crippen molar-refractivity contribution in [3.05, 3.63) is 65.2 Å². The van der Waals surface area contributed by atoms with E-state index in [4.69, 9.17) is 17.5 Å². The van der Waals surface area contributed by atoms with Crippen molar-refractivity contribution < 1.29 is 4.79 Å². The lowest BCUT2D eigenvalue weighted by Gasteiger charge is -2.10. The fourth-order valence-corrected chi connectivity index (χ4v) is 2.01. The molecule has 5 heteroatoms. The number of para-hydroxylation sites is 1. The van der Waals surface area contributed by atoms with Crippen LogP contribution in [0.4, 0.5) is 5.69 Å². The minimum absolute atomic E-state index is 0.157. The number of nitrogens with one attached hydrogen (secondary N) is 2. The van der Waals surface area contributed by atoms with Gasteiger partial charge in [-0.2, -0.15) is 5.26 Å². The first kappa shape index (κ1) is 14.7. The number of anilines is 1. The highest BCUT2D eigenvalue weighted by molar-refractivity contribution is 7.80. The van der Waals surface area contributed by atoms with Crippen molar-refractivity contribution in [2.75, 3.05) is 5.32 Å². The summed E-state index contributed by atoms with van der Waals surface area (Å²) in [7, 11) is 0. The van der Waals surface area contributed by atoms with Crippen LogP contribution in [0.3, 0.4) is 0 Å². The molecule has 0 aliphatic heterocycles. The number of hydrogen-bond donors (Lipinski definition) is 2. The van der Waals surface area contributed by atoms with Gasteiger partial charge in [-0.15, -0.1) is 0 Å². The zero-order valence-electron chi connectivity index (χ0n) is 11.4. The quantitative estimate of drug-likeness (QED) is 0.836. The number of aryl methyl sites for hydroxylation is 1. The molecule has 0 fully saturated rings. The normalized spacial score (nSPS) is 9.52. The number of carbonyl (C=O) groups excluding carboxylic acids is 1. The highest BCUT2D eigenvalue weighted by Crippen LogP contribution is 2.13. The SMILES string of the molecule is Cc1cccc(C(=O)NC(=S)Nc2ccccc2C#N)c1. The molecule has 0 radical (unpaired) electrons. The van der Waals surface area contributed by atoms with Gasteiger partial charge in [-0.3, -0.25) is 10.1 Å². The van der Waals surface area contributed by atoms with E-state index >= 15 is 0 Å².